The van der Waals surface area contributed by atoms with Crippen LogP contribution in [0.25, 0.3) is 10.9 Å². The van der Waals surface area contributed by atoms with Crippen LogP contribution in [0.15, 0.2) is 71.5 Å². The van der Waals surface area contributed by atoms with Crippen molar-refractivity contribution < 1.29 is 13.6 Å². The summed E-state index contributed by atoms with van der Waals surface area (Å²) in [6.07, 6.45) is 5.95. The number of para-hydroxylation sites is 1. The molecule has 38 heavy (non-hydrogen) atoms. The summed E-state index contributed by atoms with van der Waals surface area (Å²) in [4.78, 5) is 33.3. The van der Waals surface area contributed by atoms with Crippen molar-refractivity contribution in [2.45, 2.75) is 18.9 Å². The van der Waals surface area contributed by atoms with E-state index in [0.717, 1.165) is 6.07 Å². The highest BCUT2D eigenvalue weighted by Gasteiger charge is 2.32. The van der Waals surface area contributed by atoms with E-state index in [1.54, 1.807) is 36.4 Å². The van der Waals surface area contributed by atoms with Crippen molar-refractivity contribution in [2.24, 2.45) is 5.73 Å². The third kappa shape index (κ3) is 5.52. The predicted octanol–water partition coefficient (Wildman–Crippen LogP) is 4.76. The number of carbonyl (C=O) groups is 1. The van der Waals surface area contributed by atoms with Crippen LogP contribution in [-0.4, -0.2) is 33.6 Å². The van der Waals surface area contributed by atoms with Crippen molar-refractivity contribution in [1.29, 1.82) is 0 Å². The molecular weight excluding hydrogens is 512 g/mol. The zero-order chi connectivity index (χ0) is 27.2. The van der Waals surface area contributed by atoms with Gasteiger partial charge in [-0.15, -0.1) is 12.3 Å². The van der Waals surface area contributed by atoms with E-state index < -0.39 is 34.7 Å². The number of halogens is 3. The minimum Gasteiger partial charge on any atom is -0.330 e. The van der Waals surface area contributed by atoms with Crippen LogP contribution in [0.5, 0.6) is 0 Å². The second-order valence-electron chi connectivity index (χ2n) is 8.42. The van der Waals surface area contributed by atoms with Crippen LogP contribution in [-0.2, 0) is 0 Å². The van der Waals surface area contributed by atoms with E-state index in [2.05, 4.69) is 16.3 Å². The van der Waals surface area contributed by atoms with Gasteiger partial charge in [-0.25, -0.2) is 18.4 Å². The zero-order valence-corrected chi connectivity index (χ0v) is 21.0. The molecule has 0 unspecified atom stereocenters. The Morgan fingerprint density at radius 3 is 2.63 bits per heavy atom. The highest BCUT2D eigenvalue weighted by Crippen LogP contribution is 2.28. The lowest BCUT2D eigenvalue weighted by molar-refractivity contribution is 0.0660. The van der Waals surface area contributed by atoms with E-state index in [1.807, 2.05) is 6.07 Å². The molecule has 0 aliphatic heterocycles. The topological polar surface area (TPSA) is 93.2 Å². The number of anilines is 1. The van der Waals surface area contributed by atoms with Gasteiger partial charge in [0.05, 0.1) is 22.2 Å². The Morgan fingerprint density at radius 2 is 1.92 bits per heavy atom. The molecule has 1 atom stereocenters. The number of hydrogen-bond donors (Lipinski definition) is 2. The number of carbonyl (C=O) groups excluding carboxylic acids is 1. The maximum absolute atomic E-state index is 14.7. The first-order valence-electron chi connectivity index (χ1n) is 11.8. The number of fused-ring (bicyclic) bond motifs is 1. The average molecular weight is 536 g/mol. The van der Waals surface area contributed by atoms with Gasteiger partial charge in [0.2, 0.25) is 0 Å². The molecule has 0 bridgehead atoms. The van der Waals surface area contributed by atoms with Crippen molar-refractivity contribution in [3.8, 4) is 12.3 Å². The Hall–Kier alpha value is -4.26. The number of nitrogens with zero attached hydrogens (tertiary/aromatic N) is 3. The summed E-state index contributed by atoms with van der Waals surface area (Å²) in [5.74, 6) is -0.650. The molecule has 7 nitrogen and oxygen atoms in total. The fourth-order valence-corrected chi connectivity index (χ4v) is 4.25. The van der Waals surface area contributed by atoms with Crippen molar-refractivity contribution in [1.82, 2.24) is 14.6 Å². The number of aromatic nitrogens is 2. The van der Waals surface area contributed by atoms with Crippen LogP contribution in [0, 0.1) is 24.0 Å². The van der Waals surface area contributed by atoms with Crippen molar-refractivity contribution in [3.63, 3.8) is 0 Å². The molecule has 4 aromatic rings. The third-order valence-corrected chi connectivity index (χ3v) is 6.14. The lowest BCUT2D eigenvalue weighted by Crippen LogP contribution is -2.41. The van der Waals surface area contributed by atoms with Gasteiger partial charge >= 0.3 is 0 Å². The molecule has 194 valence electrons. The SMILES string of the molecule is C#CC[C@H](c1nc2cc(Cl)ccc2c(=O)n1Nc1ccccc1)N(CCCN)C(=O)c1cccc(F)c1F. The van der Waals surface area contributed by atoms with Gasteiger partial charge in [0.25, 0.3) is 11.5 Å². The van der Waals surface area contributed by atoms with Gasteiger partial charge in [0, 0.05) is 18.0 Å². The number of hydrogen-bond acceptors (Lipinski definition) is 5. The maximum Gasteiger partial charge on any atom is 0.280 e. The minimum absolute atomic E-state index is 0.0480. The standard InChI is InChI=1S/C28H24ClF2N5O2/c1-2-8-24(35(16-7-15-32)27(37)21-11-6-12-22(30)25(21)31)26-33-23-17-18(29)13-14-20(23)28(38)36(26)34-19-9-4-3-5-10-19/h1,3-6,9-14,17,24,34H,7-8,15-16,32H2/t24-/m1/s1. The molecule has 10 heteroatoms. The highest BCUT2D eigenvalue weighted by atomic mass is 35.5. The third-order valence-electron chi connectivity index (χ3n) is 5.90. The van der Waals surface area contributed by atoms with Gasteiger partial charge in [-0.1, -0.05) is 35.9 Å². The molecule has 0 aliphatic carbocycles. The van der Waals surface area contributed by atoms with Crippen LogP contribution in [0.4, 0.5) is 14.5 Å². The molecular formula is C28H24ClF2N5O2. The average Bonchev–Trinajstić information content (AvgIpc) is 2.91. The first-order valence-corrected chi connectivity index (χ1v) is 12.2. The lowest BCUT2D eigenvalue weighted by Gasteiger charge is -2.32. The Bertz CT molecular complexity index is 1570. The summed E-state index contributed by atoms with van der Waals surface area (Å²) in [6, 6.07) is 15.9. The molecule has 4 rings (SSSR count). The molecule has 0 fully saturated rings. The summed E-state index contributed by atoms with van der Waals surface area (Å²) in [5, 5.41) is 0.632. The molecule has 0 saturated heterocycles. The van der Waals surface area contributed by atoms with E-state index in [9.17, 15) is 18.4 Å². The van der Waals surface area contributed by atoms with Crippen LogP contribution in [0.2, 0.25) is 5.02 Å². The second kappa shape index (κ2) is 11.9. The largest absolute Gasteiger partial charge is 0.330 e. The Balaban J connectivity index is 1.95. The summed E-state index contributed by atoms with van der Waals surface area (Å²) in [7, 11) is 0. The minimum atomic E-state index is -1.28. The molecule has 1 heterocycles. The van der Waals surface area contributed by atoms with E-state index in [4.69, 9.17) is 23.8 Å². The second-order valence-corrected chi connectivity index (χ2v) is 8.85. The van der Waals surface area contributed by atoms with Crippen LogP contribution in [0.1, 0.15) is 35.1 Å². The van der Waals surface area contributed by atoms with E-state index >= 15 is 0 Å². The predicted molar refractivity (Wildman–Crippen MR) is 144 cm³/mol. The summed E-state index contributed by atoms with van der Waals surface area (Å²) >= 11 is 6.18. The van der Waals surface area contributed by atoms with Gasteiger partial charge in [-0.2, -0.15) is 0 Å². The number of nitrogens with two attached hydrogens (primary N) is 1. The number of terminal acetylenes is 1. The fourth-order valence-electron chi connectivity index (χ4n) is 4.09. The molecule has 0 aliphatic rings. The van der Waals surface area contributed by atoms with Crippen LogP contribution >= 0.6 is 11.6 Å². The monoisotopic (exact) mass is 535 g/mol. The molecule has 0 spiro atoms. The quantitative estimate of drug-likeness (QED) is 0.301. The van der Waals surface area contributed by atoms with Gasteiger partial charge in [0.15, 0.2) is 17.5 Å². The molecule has 0 radical (unpaired) electrons. The van der Waals surface area contributed by atoms with Crippen molar-refractivity contribution in [3.05, 3.63) is 105 Å². The smallest absolute Gasteiger partial charge is 0.280 e. The summed E-state index contributed by atoms with van der Waals surface area (Å²) < 4.78 is 29.9. The van der Waals surface area contributed by atoms with Crippen molar-refractivity contribution in [2.75, 3.05) is 18.5 Å². The zero-order valence-electron chi connectivity index (χ0n) is 20.2. The van der Waals surface area contributed by atoms with Crippen LogP contribution < -0.4 is 16.7 Å². The Morgan fingerprint density at radius 1 is 1.16 bits per heavy atom. The molecule has 0 saturated carbocycles. The van der Waals surface area contributed by atoms with Gasteiger partial charge in [0.1, 0.15) is 6.04 Å². The van der Waals surface area contributed by atoms with Crippen molar-refractivity contribution >= 4 is 34.1 Å². The lowest BCUT2D eigenvalue weighted by atomic mass is 10.1. The number of benzene rings is 3. The Labute approximate surface area is 222 Å². The summed E-state index contributed by atoms with van der Waals surface area (Å²) in [5.41, 5.74) is 8.68. The molecule has 3 N–H and O–H groups in total. The van der Waals surface area contributed by atoms with E-state index in [1.165, 1.54) is 27.8 Å². The summed E-state index contributed by atoms with van der Waals surface area (Å²) in [6.45, 7) is 0.264. The van der Waals surface area contributed by atoms with E-state index in [0.29, 0.717) is 17.1 Å². The molecule has 1 aromatic heterocycles. The van der Waals surface area contributed by atoms with Gasteiger partial charge in [-0.05, 0) is 55.4 Å². The number of rotatable bonds is 9. The van der Waals surface area contributed by atoms with Gasteiger partial charge in [-0.3, -0.25) is 15.0 Å². The Kier molecular flexibility index (Phi) is 8.36. The number of nitrogens with one attached hydrogen (secondary N) is 1. The highest BCUT2D eigenvalue weighted by molar-refractivity contribution is 6.31. The number of amides is 1. The maximum atomic E-state index is 14.7. The molecule has 3 aromatic carbocycles. The van der Waals surface area contributed by atoms with Crippen LogP contribution in [0.3, 0.4) is 0 Å². The molecule has 1 amide bonds. The first-order chi connectivity index (χ1) is 18.3. The normalized spacial score (nSPS) is 11.7. The van der Waals surface area contributed by atoms with Gasteiger partial charge < -0.3 is 10.6 Å². The fraction of sp³-hybridized carbons (Fsp3) is 0.179. The van der Waals surface area contributed by atoms with E-state index in [-0.39, 0.29) is 36.2 Å². The first kappa shape index (κ1) is 26.8.